The highest BCUT2D eigenvalue weighted by Crippen LogP contribution is 2.10. The van der Waals surface area contributed by atoms with Crippen LogP contribution in [-0.4, -0.2) is 34.2 Å². The third-order valence-corrected chi connectivity index (χ3v) is 2.63. The second kappa shape index (κ2) is 7.13. The van der Waals surface area contributed by atoms with Crippen molar-refractivity contribution >= 4 is 18.0 Å². The normalized spacial score (nSPS) is 13.1. The second-order valence-electron chi connectivity index (χ2n) is 4.24. The number of carboxylic acid groups (broad SMARTS) is 2. The molecule has 0 aliphatic rings. The molecular weight excluding hydrogens is 264 g/mol. The van der Waals surface area contributed by atoms with Gasteiger partial charge in [0, 0.05) is 0 Å². The molecule has 0 fully saturated rings. The molecule has 4 N–H and O–H groups in total. The SMILES string of the molecule is CC(NC(=O)N[C@@H](CC(=O)O)C(=O)O)c1ccccc1. The largest absolute Gasteiger partial charge is 0.481 e. The van der Waals surface area contributed by atoms with Gasteiger partial charge in [-0.15, -0.1) is 0 Å². The van der Waals surface area contributed by atoms with Crippen LogP contribution in [0, 0.1) is 0 Å². The molecule has 20 heavy (non-hydrogen) atoms. The number of amides is 2. The molecule has 1 aromatic rings. The van der Waals surface area contributed by atoms with Crippen LogP contribution in [0.15, 0.2) is 30.3 Å². The molecule has 0 bridgehead atoms. The van der Waals surface area contributed by atoms with Crippen molar-refractivity contribution in [1.29, 1.82) is 0 Å². The van der Waals surface area contributed by atoms with E-state index < -0.39 is 30.4 Å². The molecule has 0 saturated heterocycles. The van der Waals surface area contributed by atoms with E-state index in [2.05, 4.69) is 10.6 Å². The first-order valence-corrected chi connectivity index (χ1v) is 5.96. The van der Waals surface area contributed by atoms with Gasteiger partial charge in [-0.1, -0.05) is 30.3 Å². The predicted molar refractivity (Wildman–Crippen MR) is 70.2 cm³/mol. The van der Waals surface area contributed by atoms with E-state index in [1.807, 2.05) is 30.3 Å². The molecular formula is C13H16N2O5. The van der Waals surface area contributed by atoms with Gasteiger partial charge in [0.25, 0.3) is 0 Å². The Kier molecular flexibility index (Phi) is 5.52. The number of hydrogen-bond acceptors (Lipinski definition) is 3. The molecule has 7 nitrogen and oxygen atoms in total. The average Bonchev–Trinajstić information content (AvgIpc) is 2.38. The topological polar surface area (TPSA) is 116 Å². The van der Waals surface area contributed by atoms with Gasteiger partial charge in [0.15, 0.2) is 0 Å². The Bertz CT molecular complexity index is 489. The summed E-state index contributed by atoms with van der Waals surface area (Å²) in [5, 5.41) is 22.1. The first-order valence-electron chi connectivity index (χ1n) is 5.96. The van der Waals surface area contributed by atoms with E-state index >= 15 is 0 Å². The third-order valence-electron chi connectivity index (χ3n) is 2.63. The molecule has 0 heterocycles. The number of hydrogen-bond donors (Lipinski definition) is 4. The standard InChI is InChI=1S/C13H16N2O5/c1-8(9-5-3-2-4-6-9)14-13(20)15-10(12(18)19)7-11(16)17/h2-6,8,10H,7H2,1H3,(H,16,17)(H,18,19)(H2,14,15,20)/t8?,10-/m0/s1. The number of carbonyl (C=O) groups excluding carboxylic acids is 1. The zero-order chi connectivity index (χ0) is 15.1. The van der Waals surface area contributed by atoms with Crippen molar-refractivity contribution in [3.8, 4) is 0 Å². The number of aliphatic carboxylic acids is 2. The second-order valence-corrected chi connectivity index (χ2v) is 4.24. The van der Waals surface area contributed by atoms with Crippen LogP contribution in [0.2, 0.25) is 0 Å². The number of benzene rings is 1. The van der Waals surface area contributed by atoms with Crippen LogP contribution in [0.25, 0.3) is 0 Å². The van der Waals surface area contributed by atoms with Gasteiger partial charge >= 0.3 is 18.0 Å². The molecule has 0 spiro atoms. The summed E-state index contributed by atoms with van der Waals surface area (Å²) in [6.45, 7) is 1.74. The van der Waals surface area contributed by atoms with Crippen LogP contribution >= 0.6 is 0 Å². The van der Waals surface area contributed by atoms with Crippen molar-refractivity contribution in [2.24, 2.45) is 0 Å². The monoisotopic (exact) mass is 280 g/mol. The molecule has 1 unspecified atom stereocenters. The van der Waals surface area contributed by atoms with E-state index in [0.29, 0.717) is 0 Å². The lowest BCUT2D eigenvalue weighted by Gasteiger charge is -2.17. The van der Waals surface area contributed by atoms with Gasteiger partial charge in [-0.2, -0.15) is 0 Å². The molecule has 1 aromatic carbocycles. The molecule has 0 radical (unpaired) electrons. The van der Waals surface area contributed by atoms with Crippen molar-refractivity contribution in [1.82, 2.24) is 10.6 Å². The molecule has 7 heteroatoms. The van der Waals surface area contributed by atoms with E-state index in [1.165, 1.54) is 0 Å². The minimum atomic E-state index is -1.46. The molecule has 108 valence electrons. The molecule has 0 aliphatic carbocycles. The lowest BCUT2D eigenvalue weighted by atomic mass is 10.1. The Morgan fingerprint density at radius 1 is 1.10 bits per heavy atom. The number of nitrogens with one attached hydrogen (secondary N) is 2. The Balaban J connectivity index is 2.57. The number of carbonyl (C=O) groups is 3. The summed E-state index contributed by atoms with van der Waals surface area (Å²) < 4.78 is 0. The molecule has 1 rings (SSSR count). The smallest absolute Gasteiger partial charge is 0.326 e. The highest BCUT2D eigenvalue weighted by atomic mass is 16.4. The van der Waals surface area contributed by atoms with Gasteiger partial charge < -0.3 is 20.8 Å². The summed E-state index contributed by atoms with van der Waals surface area (Å²) in [4.78, 5) is 33.0. The Morgan fingerprint density at radius 3 is 2.20 bits per heavy atom. The van der Waals surface area contributed by atoms with Crippen LogP contribution < -0.4 is 10.6 Å². The first kappa shape index (κ1) is 15.5. The lowest BCUT2D eigenvalue weighted by molar-refractivity contribution is -0.145. The maximum Gasteiger partial charge on any atom is 0.326 e. The van der Waals surface area contributed by atoms with E-state index in [9.17, 15) is 14.4 Å². The maximum absolute atomic E-state index is 11.6. The minimum absolute atomic E-state index is 0.324. The zero-order valence-electron chi connectivity index (χ0n) is 10.9. The number of carboxylic acids is 2. The van der Waals surface area contributed by atoms with Gasteiger partial charge in [-0.05, 0) is 12.5 Å². The summed E-state index contributed by atoms with van der Waals surface area (Å²) in [7, 11) is 0. The van der Waals surface area contributed by atoms with Crippen LogP contribution in [0.1, 0.15) is 24.9 Å². The Morgan fingerprint density at radius 2 is 1.70 bits per heavy atom. The minimum Gasteiger partial charge on any atom is -0.481 e. The van der Waals surface area contributed by atoms with E-state index in [-0.39, 0.29) is 6.04 Å². The Hall–Kier alpha value is -2.57. The van der Waals surface area contributed by atoms with Crippen LogP contribution in [-0.2, 0) is 9.59 Å². The summed E-state index contributed by atoms with van der Waals surface area (Å²) in [5.74, 6) is -2.69. The third kappa shape index (κ3) is 4.97. The highest BCUT2D eigenvalue weighted by Gasteiger charge is 2.23. The molecule has 2 amide bonds. The summed E-state index contributed by atoms with van der Waals surface area (Å²) >= 11 is 0. The van der Waals surface area contributed by atoms with Gasteiger partial charge in [-0.3, -0.25) is 4.79 Å². The fraction of sp³-hybridized carbons (Fsp3) is 0.308. The van der Waals surface area contributed by atoms with Crippen molar-refractivity contribution in [2.45, 2.75) is 25.4 Å². The fourth-order valence-electron chi connectivity index (χ4n) is 1.60. The summed E-state index contributed by atoms with van der Waals surface area (Å²) in [6.07, 6.45) is -0.678. The average molecular weight is 280 g/mol. The van der Waals surface area contributed by atoms with E-state index in [0.717, 1.165) is 5.56 Å². The predicted octanol–water partition coefficient (Wildman–Crippen LogP) is 0.975. The van der Waals surface area contributed by atoms with Crippen molar-refractivity contribution in [2.75, 3.05) is 0 Å². The van der Waals surface area contributed by atoms with Crippen molar-refractivity contribution in [3.63, 3.8) is 0 Å². The summed E-state index contributed by atoms with van der Waals surface area (Å²) in [5.41, 5.74) is 0.854. The van der Waals surface area contributed by atoms with Crippen molar-refractivity contribution < 1.29 is 24.6 Å². The van der Waals surface area contributed by atoms with Gasteiger partial charge in [-0.25, -0.2) is 9.59 Å². The van der Waals surface area contributed by atoms with Crippen LogP contribution in [0.3, 0.4) is 0 Å². The first-order chi connectivity index (χ1) is 9.40. The summed E-state index contributed by atoms with van der Waals surface area (Å²) in [6, 6.07) is 6.59. The maximum atomic E-state index is 11.6. The van der Waals surface area contributed by atoms with Gasteiger partial charge in [0.2, 0.25) is 0 Å². The number of urea groups is 1. The van der Waals surface area contributed by atoms with Gasteiger partial charge in [0.1, 0.15) is 6.04 Å². The number of rotatable bonds is 6. The van der Waals surface area contributed by atoms with E-state index in [1.54, 1.807) is 6.92 Å². The zero-order valence-corrected chi connectivity index (χ0v) is 10.9. The van der Waals surface area contributed by atoms with Crippen LogP contribution in [0.5, 0.6) is 0 Å². The highest BCUT2D eigenvalue weighted by molar-refractivity contribution is 5.86. The molecule has 0 aliphatic heterocycles. The molecule has 2 atom stereocenters. The van der Waals surface area contributed by atoms with Crippen molar-refractivity contribution in [3.05, 3.63) is 35.9 Å². The Labute approximate surface area is 115 Å². The van der Waals surface area contributed by atoms with Crippen LogP contribution in [0.4, 0.5) is 4.79 Å². The lowest BCUT2D eigenvalue weighted by Crippen LogP contribution is -2.47. The van der Waals surface area contributed by atoms with E-state index in [4.69, 9.17) is 10.2 Å². The quantitative estimate of drug-likeness (QED) is 0.619. The van der Waals surface area contributed by atoms with Gasteiger partial charge in [0.05, 0.1) is 12.5 Å². The molecule has 0 aromatic heterocycles. The fourth-order valence-corrected chi connectivity index (χ4v) is 1.60. The molecule has 0 saturated carbocycles.